The fraction of sp³-hybridized carbons (Fsp3) is 0.143. The van der Waals surface area contributed by atoms with Crippen molar-refractivity contribution in [3.8, 4) is 6.07 Å². The van der Waals surface area contributed by atoms with Crippen LogP contribution in [0.25, 0.3) is 11.1 Å². The Balaban J connectivity index is 1.56. The van der Waals surface area contributed by atoms with Gasteiger partial charge in [0.05, 0.1) is 33.9 Å². The van der Waals surface area contributed by atoms with Crippen LogP contribution >= 0.6 is 0 Å². The van der Waals surface area contributed by atoms with Gasteiger partial charge in [-0.3, -0.25) is 14.4 Å². The van der Waals surface area contributed by atoms with Crippen molar-refractivity contribution in [1.82, 2.24) is 0 Å². The van der Waals surface area contributed by atoms with Crippen LogP contribution < -0.4 is 4.90 Å². The van der Waals surface area contributed by atoms with E-state index in [2.05, 4.69) is 6.07 Å². The zero-order chi connectivity index (χ0) is 32.5. The third kappa shape index (κ3) is 3.61. The van der Waals surface area contributed by atoms with Crippen LogP contribution in [0.5, 0.6) is 0 Å². The van der Waals surface area contributed by atoms with Gasteiger partial charge in [0.1, 0.15) is 6.07 Å². The number of allylic oxidation sites excluding steroid dienone is 2. The molecule has 5 heteroatoms. The number of carbonyl (C=O) groups is 3. The largest absolute Gasteiger partial charge is 0.297 e. The lowest BCUT2D eigenvalue weighted by Gasteiger charge is -2.39. The van der Waals surface area contributed by atoms with E-state index in [9.17, 15) is 5.26 Å². The van der Waals surface area contributed by atoms with Gasteiger partial charge < -0.3 is 0 Å². The highest BCUT2D eigenvalue weighted by atomic mass is 16.2. The molecule has 5 aromatic rings. The number of aryl methyl sites for hydroxylation is 2. The summed E-state index contributed by atoms with van der Waals surface area (Å²) in [6, 6.07) is 44.0. The Morgan fingerprint density at radius 2 is 0.957 bits per heavy atom. The molecule has 2 aliphatic carbocycles. The van der Waals surface area contributed by atoms with Crippen molar-refractivity contribution < 1.29 is 14.4 Å². The number of hydrogen-bond acceptors (Lipinski definition) is 4. The molecular weight excluding hydrogens is 580 g/mol. The van der Waals surface area contributed by atoms with Gasteiger partial charge in [0.2, 0.25) is 11.8 Å². The van der Waals surface area contributed by atoms with Crippen molar-refractivity contribution in [1.29, 1.82) is 5.26 Å². The first-order valence-corrected chi connectivity index (χ1v) is 15.8. The fourth-order valence-corrected chi connectivity index (χ4v) is 8.57. The number of benzene rings is 5. The predicted octanol–water partition coefficient (Wildman–Crippen LogP) is 7.36. The number of nitriles is 1. The van der Waals surface area contributed by atoms with E-state index in [1.165, 1.54) is 4.90 Å². The van der Waals surface area contributed by atoms with E-state index in [-0.39, 0.29) is 17.0 Å². The maximum atomic E-state index is 16.0. The molecule has 0 spiro atoms. The number of fused-ring (bicyclic) bond motifs is 5. The van der Waals surface area contributed by atoms with Crippen molar-refractivity contribution in [3.05, 3.63) is 172 Å². The fourth-order valence-electron chi connectivity index (χ4n) is 8.57. The Kier molecular flexibility index (Phi) is 6.29. The van der Waals surface area contributed by atoms with Gasteiger partial charge in [-0.25, -0.2) is 4.90 Å². The maximum Gasteiger partial charge on any atom is 0.239 e. The summed E-state index contributed by atoms with van der Waals surface area (Å²) in [5.41, 5.74) is 4.13. The molecule has 2 bridgehead atoms. The number of carbonyl (C=O) groups excluding carboxylic acids is 3. The summed E-state index contributed by atoms with van der Waals surface area (Å²) in [4.78, 5) is 47.3. The Morgan fingerprint density at radius 1 is 0.553 bits per heavy atom. The first kappa shape index (κ1) is 28.6. The molecule has 226 valence electrons. The average Bonchev–Trinajstić information content (AvgIpc) is 3.61. The highest BCUT2D eigenvalue weighted by Crippen LogP contribution is 2.74. The molecule has 2 fully saturated rings. The van der Waals surface area contributed by atoms with E-state index in [1.807, 2.05) is 123 Å². The lowest BCUT2D eigenvalue weighted by Crippen LogP contribution is -2.45. The van der Waals surface area contributed by atoms with Crippen LogP contribution in [-0.4, -0.2) is 17.6 Å². The molecule has 5 nitrogen and oxygen atoms in total. The zero-order valence-corrected chi connectivity index (χ0v) is 26.0. The lowest BCUT2D eigenvalue weighted by molar-refractivity contribution is -0.130. The summed E-state index contributed by atoms with van der Waals surface area (Å²) in [6.07, 6.45) is 0. The van der Waals surface area contributed by atoms with Crippen LogP contribution in [0, 0.1) is 37.0 Å². The number of nitrogens with zero attached hydrogens (tertiary/aromatic N) is 2. The van der Waals surface area contributed by atoms with E-state index in [1.54, 1.807) is 24.3 Å². The molecule has 1 saturated heterocycles. The molecule has 3 aliphatic rings. The maximum absolute atomic E-state index is 16.0. The highest BCUT2D eigenvalue weighted by Gasteiger charge is 2.82. The molecule has 1 aliphatic heterocycles. The lowest BCUT2D eigenvalue weighted by atomic mass is 9.59. The topological polar surface area (TPSA) is 78.2 Å². The number of ketones is 1. The first-order valence-electron chi connectivity index (χ1n) is 15.8. The molecule has 4 atom stereocenters. The Labute approximate surface area is 273 Å². The second kappa shape index (κ2) is 10.3. The quantitative estimate of drug-likeness (QED) is 0.195. The van der Waals surface area contributed by atoms with Crippen molar-refractivity contribution in [2.75, 3.05) is 4.90 Å². The number of para-hydroxylation sites is 1. The summed E-state index contributed by atoms with van der Waals surface area (Å²) in [7, 11) is 0. The number of imide groups is 1. The van der Waals surface area contributed by atoms with Crippen LogP contribution in [0.1, 0.15) is 38.9 Å². The van der Waals surface area contributed by atoms with Crippen molar-refractivity contribution in [2.45, 2.75) is 24.7 Å². The second-order valence-corrected chi connectivity index (χ2v) is 12.8. The number of rotatable bonds is 5. The van der Waals surface area contributed by atoms with E-state index in [4.69, 9.17) is 0 Å². The molecule has 0 unspecified atom stereocenters. The molecule has 0 N–H and O–H groups in total. The van der Waals surface area contributed by atoms with Gasteiger partial charge in [-0.15, -0.1) is 0 Å². The van der Waals surface area contributed by atoms with Crippen LogP contribution in [-0.2, 0) is 25.2 Å². The van der Waals surface area contributed by atoms with Gasteiger partial charge in [0, 0.05) is 0 Å². The minimum absolute atomic E-state index is 0.168. The second-order valence-electron chi connectivity index (χ2n) is 12.8. The molecule has 2 amide bonds. The van der Waals surface area contributed by atoms with Gasteiger partial charge in [0.15, 0.2) is 5.78 Å². The summed E-state index contributed by atoms with van der Waals surface area (Å²) in [6.45, 7) is 4.03. The Bertz CT molecular complexity index is 2050. The Morgan fingerprint density at radius 3 is 1.38 bits per heavy atom. The summed E-state index contributed by atoms with van der Waals surface area (Å²) < 4.78 is 0. The SMILES string of the molecule is Cc1ccc(C2=C(c3ccc(C)cc3)[C@@]3(c4ccccc4)C(=O)[C@@]2(c2ccccc2)[C@H]2C(=O)N(c4ccccc4C#N)C(=O)[C@@H]23)cc1. The van der Waals surface area contributed by atoms with E-state index in [0.29, 0.717) is 11.1 Å². The van der Waals surface area contributed by atoms with Crippen molar-refractivity contribution >= 4 is 34.4 Å². The van der Waals surface area contributed by atoms with Crippen LogP contribution in [0.3, 0.4) is 0 Å². The zero-order valence-electron chi connectivity index (χ0n) is 26.0. The first-order chi connectivity index (χ1) is 22.9. The number of amides is 2. The van der Waals surface area contributed by atoms with Crippen molar-refractivity contribution in [2.24, 2.45) is 11.8 Å². The molecule has 0 radical (unpaired) electrons. The normalized spacial score (nSPS) is 24.5. The monoisotopic (exact) mass is 610 g/mol. The molecule has 8 rings (SSSR count). The number of anilines is 1. The van der Waals surface area contributed by atoms with Crippen LogP contribution in [0.2, 0.25) is 0 Å². The molecule has 5 aromatic carbocycles. The number of hydrogen-bond donors (Lipinski definition) is 0. The summed E-state index contributed by atoms with van der Waals surface area (Å²) in [5.74, 6) is -3.18. The minimum atomic E-state index is -1.49. The third-order valence-electron chi connectivity index (χ3n) is 10.4. The standard InChI is InChI=1S/C42H30N2O3/c1-26-17-21-28(22-18-26)34-35(29-23-19-27(2)20-24-29)42(32-14-7-4-8-15-32)37-36(41(34,40(42)47)31-12-5-3-6-13-31)38(45)44(39(37)46)33-16-10-9-11-30(33)25-43/h3-24,36-37H,1-2H3/t36-,37-,41-,42-/m1/s1. The van der Waals surface area contributed by atoms with Gasteiger partial charge in [-0.2, -0.15) is 5.26 Å². The van der Waals surface area contributed by atoms with Gasteiger partial charge in [-0.05, 0) is 59.4 Å². The van der Waals surface area contributed by atoms with Gasteiger partial charge in [0.25, 0.3) is 0 Å². The molecule has 0 aromatic heterocycles. The smallest absolute Gasteiger partial charge is 0.239 e. The van der Waals surface area contributed by atoms with E-state index >= 15 is 14.4 Å². The average molecular weight is 611 g/mol. The third-order valence-corrected chi connectivity index (χ3v) is 10.4. The van der Waals surface area contributed by atoms with Gasteiger partial charge >= 0.3 is 0 Å². The molecular formula is C42H30N2O3. The summed E-state index contributed by atoms with van der Waals surface area (Å²) in [5, 5.41) is 10.0. The molecule has 1 heterocycles. The van der Waals surface area contributed by atoms with E-state index in [0.717, 1.165) is 33.4 Å². The van der Waals surface area contributed by atoms with Crippen molar-refractivity contribution in [3.63, 3.8) is 0 Å². The van der Waals surface area contributed by atoms with Gasteiger partial charge in [-0.1, -0.05) is 132 Å². The van der Waals surface area contributed by atoms with Crippen LogP contribution in [0.15, 0.2) is 133 Å². The Hall–Kier alpha value is -5.86. The number of Topliss-reactive ketones (excluding diaryl/α,β-unsaturated/α-hetero) is 1. The molecule has 47 heavy (non-hydrogen) atoms. The highest BCUT2D eigenvalue weighted by molar-refractivity contribution is 6.39. The van der Waals surface area contributed by atoms with E-state index < -0.39 is 34.5 Å². The minimum Gasteiger partial charge on any atom is -0.297 e. The van der Waals surface area contributed by atoms with Crippen LogP contribution in [0.4, 0.5) is 5.69 Å². The predicted molar refractivity (Wildman–Crippen MR) is 181 cm³/mol. The summed E-state index contributed by atoms with van der Waals surface area (Å²) >= 11 is 0. The molecule has 1 saturated carbocycles.